The molecule has 1 aromatic carbocycles. The number of aliphatic hydroxyl groups is 1. The van der Waals surface area contributed by atoms with Gasteiger partial charge in [0.05, 0.1) is 6.26 Å². The maximum atomic E-state index is 8.84. The van der Waals surface area contributed by atoms with Crippen molar-refractivity contribution in [2.24, 2.45) is 0 Å². The van der Waals surface area contributed by atoms with Gasteiger partial charge in [-0.2, -0.15) is 0 Å². The maximum Gasteiger partial charge on any atom is 0.115 e. The van der Waals surface area contributed by atoms with E-state index in [1.165, 1.54) is 0 Å². The second kappa shape index (κ2) is 2.92. The number of hydrogen-bond donors (Lipinski definition) is 2. The number of phenols is 1. The maximum absolute atomic E-state index is 8.84. The minimum atomic E-state index is 0.232. The Morgan fingerprint density at radius 1 is 1.10 bits per heavy atom. The molecular weight excluding hydrogens is 128 g/mol. The molecule has 0 amide bonds. The van der Waals surface area contributed by atoms with Gasteiger partial charge in [-0.25, -0.2) is 0 Å². The third kappa shape index (κ3) is 1.52. The molecule has 0 saturated heterocycles. The van der Waals surface area contributed by atoms with E-state index in [9.17, 15) is 0 Å². The van der Waals surface area contributed by atoms with Gasteiger partial charge in [-0.1, -0.05) is 12.1 Å². The lowest BCUT2D eigenvalue weighted by atomic mass is 10.2. The lowest BCUT2D eigenvalue weighted by molar-refractivity contribution is 0.474. The second-order valence-corrected chi connectivity index (χ2v) is 1.91. The van der Waals surface area contributed by atoms with Crippen molar-refractivity contribution >= 4 is 6.08 Å². The number of aliphatic hydroxyl groups excluding tert-OH is 1. The van der Waals surface area contributed by atoms with Crippen LogP contribution in [0.25, 0.3) is 6.08 Å². The van der Waals surface area contributed by atoms with Crippen LogP contribution in [0.3, 0.4) is 0 Å². The van der Waals surface area contributed by atoms with Crippen molar-refractivity contribution in [2.45, 2.75) is 0 Å². The summed E-state index contributed by atoms with van der Waals surface area (Å²) in [6.07, 6.45) is 2.51. The molecule has 1 rings (SSSR count). The molecule has 10 heavy (non-hydrogen) atoms. The Labute approximate surface area is 59.1 Å². The van der Waals surface area contributed by atoms with Crippen LogP contribution in [0, 0.1) is 0 Å². The van der Waals surface area contributed by atoms with Gasteiger partial charge >= 0.3 is 0 Å². The highest BCUT2D eigenvalue weighted by atomic mass is 16.3. The van der Waals surface area contributed by atoms with Crippen molar-refractivity contribution < 1.29 is 10.2 Å². The third-order valence-corrected chi connectivity index (χ3v) is 1.16. The first-order valence-corrected chi connectivity index (χ1v) is 2.93. The Kier molecular flexibility index (Phi) is 1.95. The Morgan fingerprint density at radius 2 is 1.70 bits per heavy atom. The van der Waals surface area contributed by atoms with Gasteiger partial charge in [-0.3, -0.25) is 0 Å². The zero-order valence-corrected chi connectivity index (χ0v) is 5.36. The number of benzene rings is 1. The first kappa shape index (κ1) is 6.68. The number of phenolic OH excluding ortho intramolecular Hbond substituents is 1. The molecule has 0 radical (unpaired) electrons. The molecule has 0 heterocycles. The van der Waals surface area contributed by atoms with Crippen LogP contribution in [0.5, 0.6) is 5.75 Å². The average Bonchev–Trinajstić information content (AvgIpc) is 1.95. The van der Waals surface area contributed by atoms with Crippen molar-refractivity contribution in [2.75, 3.05) is 0 Å². The van der Waals surface area contributed by atoms with Gasteiger partial charge in [-0.15, -0.1) is 0 Å². The molecule has 0 aliphatic rings. The van der Waals surface area contributed by atoms with Crippen LogP contribution in [0.15, 0.2) is 30.5 Å². The van der Waals surface area contributed by atoms with Crippen molar-refractivity contribution in [1.82, 2.24) is 0 Å². The van der Waals surface area contributed by atoms with Crippen LogP contribution < -0.4 is 0 Å². The van der Waals surface area contributed by atoms with Crippen molar-refractivity contribution in [1.29, 1.82) is 0 Å². The Balaban J connectivity index is 2.89. The van der Waals surface area contributed by atoms with Gasteiger partial charge in [0, 0.05) is 0 Å². The summed E-state index contributed by atoms with van der Waals surface area (Å²) in [6.45, 7) is 0. The van der Waals surface area contributed by atoms with E-state index in [1.54, 1.807) is 30.3 Å². The Hall–Kier alpha value is -1.44. The zero-order chi connectivity index (χ0) is 7.40. The summed E-state index contributed by atoms with van der Waals surface area (Å²) in [5.74, 6) is 0.232. The lowest BCUT2D eigenvalue weighted by Crippen LogP contribution is -1.68. The fourth-order valence-electron chi connectivity index (χ4n) is 0.671. The Morgan fingerprint density at radius 3 is 2.20 bits per heavy atom. The molecule has 52 valence electrons. The molecule has 0 fully saturated rings. The summed E-state index contributed by atoms with van der Waals surface area (Å²) in [6, 6.07) is 6.55. The smallest absolute Gasteiger partial charge is 0.115 e. The minimum Gasteiger partial charge on any atom is -0.516 e. The topological polar surface area (TPSA) is 40.5 Å². The average molecular weight is 136 g/mol. The van der Waals surface area contributed by atoms with E-state index in [2.05, 4.69) is 0 Å². The van der Waals surface area contributed by atoms with Crippen LogP contribution in [0.2, 0.25) is 0 Å². The summed E-state index contributed by atoms with van der Waals surface area (Å²) >= 11 is 0. The molecule has 0 saturated carbocycles. The highest BCUT2D eigenvalue weighted by Crippen LogP contribution is 2.09. The Bertz CT molecular complexity index is 224. The summed E-state index contributed by atoms with van der Waals surface area (Å²) in [7, 11) is 0. The molecule has 0 bridgehead atoms. The fraction of sp³-hybridized carbons (Fsp3) is 0. The molecule has 0 unspecified atom stereocenters. The van der Waals surface area contributed by atoms with Gasteiger partial charge in [0.15, 0.2) is 0 Å². The molecule has 0 aliphatic carbocycles. The van der Waals surface area contributed by atoms with Gasteiger partial charge in [0.25, 0.3) is 0 Å². The lowest BCUT2D eigenvalue weighted by Gasteiger charge is -1.91. The van der Waals surface area contributed by atoms with Crippen molar-refractivity contribution in [3.8, 4) is 5.75 Å². The zero-order valence-electron chi connectivity index (χ0n) is 5.36. The predicted octanol–water partition coefficient (Wildman–Crippen LogP) is 1.92. The van der Waals surface area contributed by atoms with E-state index >= 15 is 0 Å². The largest absolute Gasteiger partial charge is 0.516 e. The van der Waals surface area contributed by atoms with E-state index in [1.807, 2.05) is 0 Å². The van der Waals surface area contributed by atoms with Crippen LogP contribution in [0.1, 0.15) is 5.56 Å². The van der Waals surface area contributed by atoms with Crippen LogP contribution in [0.4, 0.5) is 0 Å². The van der Waals surface area contributed by atoms with Gasteiger partial charge in [-0.05, 0) is 23.8 Å². The fourth-order valence-corrected chi connectivity index (χ4v) is 0.671. The van der Waals surface area contributed by atoms with Gasteiger partial charge in [0.2, 0.25) is 0 Å². The monoisotopic (exact) mass is 136 g/mol. The molecule has 0 atom stereocenters. The first-order valence-electron chi connectivity index (χ1n) is 2.93. The van der Waals surface area contributed by atoms with Gasteiger partial charge < -0.3 is 10.2 Å². The predicted molar refractivity (Wildman–Crippen MR) is 39.8 cm³/mol. The standard InChI is InChI=1S/C8H8O2/c9-6-5-7-1-3-8(10)4-2-7/h1-6,9-10H. The molecule has 0 aromatic heterocycles. The molecule has 2 nitrogen and oxygen atoms in total. The molecule has 2 heteroatoms. The molecular formula is C8H8O2. The normalized spacial score (nSPS) is 10.4. The highest BCUT2D eigenvalue weighted by molar-refractivity contribution is 5.49. The van der Waals surface area contributed by atoms with Crippen LogP contribution >= 0.6 is 0 Å². The summed E-state index contributed by atoms with van der Waals surface area (Å²) in [5.41, 5.74) is 0.861. The highest BCUT2D eigenvalue weighted by Gasteiger charge is 1.85. The molecule has 0 spiro atoms. The summed E-state index contributed by atoms with van der Waals surface area (Å²) < 4.78 is 0. The first-order chi connectivity index (χ1) is 4.83. The van der Waals surface area contributed by atoms with Crippen molar-refractivity contribution in [3.63, 3.8) is 0 Å². The van der Waals surface area contributed by atoms with E-state index in [0.29, 0.717) is 0 Å². The third-order valence-electron chi connectivity index (χ3n) is 1.16. The molecule has 2 N–H and O–H groups in total. The quantitative estimate of drug-likeness (QED) is 0.579. The van der Waals surface area contributed by atoms with E-state index in [4.69, 9.17) is 10.2 Å². The second-order valence-electron chi connectivity index (χ2n) is 1.91. The van der Waals surface area contributed by atoms with E-state index < -0.39 is 0 Å². The van der Waals surface area contributed by atoms with E-state index in [0.717, 1.165) is 11.8 Å². The molecule has 0 aliphatic heterocycles. The van der Waals surface area contributed by atoms with E-state index in [-0.39, 0.29) is 5.75 Å². The van der Waals surface area contributed by atoms with Crippen molar-refractivity contribution in [3.05, 3.63) is 36.1 Å². The van der Waals surface area contributed by atoms with Crippen LogP contribution in [-0.2, 0) is 0 Å². The molecule has 1 aromatic rings. The number of rotatable bonds is 1. The SMILES string of the molecule is OC=Cc1ccc(O)cc1. The number of hydrogen-bond acceptors (Lipinski definition) is 2. The number of aromatic hydroxyl groups is 1. The van der Waals surface area contributed by atoms with Crippen LogP contribution in [-0.4, -0.2) is 10.2 Å². The summed E-state index contributed by atoms with van der Waals surface area (Å²) in [5, 5.41) is 17.2. The minimum absolute atomic E-state index is 0.232. The van der Waals surface area contributed by atoms with Gasteiger partial charge in [0.1, 0.15) is 5.75 Å². The summed E-state index contributed by atoms with van der Waals surface area (Å²) in [4.78, 5) is 0.